The van der Waals surface area contributed by atoms with Gasteiger partial charge in [0.1, 0.15) is 0 Å². The predicted octanol–water partition coefficient (Wildman–Crippen LogP) is 13.7. The zero-order valence-corrected chi connectivity index (χ0v) is 29.5. The second-order valence-corrected chi connectivity index (χ2v) is 13.9. The van der Waals surface area contributed by atoms with Gasteiger partial charge in [0.05, 0.1) is 52.1 Å². The Balaban J connectivity index is 1.16. The lowest BCUT2D eigenvalue weighted by molar-refractivity contribution is 1.13. The zero-order valence-electron chi connectivity index (χ0n) is 29.5. The summed E-state index contributed by atoms with van der Waals surface area (Å²) in [6.45, 7) is 15.9. The van der Waals surface area contributed by atoms with Gasteiger partial charge in [-0.2, -0.15) is 0 Å². The minimum absolute atomic E-state index is 0.550. The Kier molecular flexibility index (Phi) is 6.61. The van der Waals surface area contributed by atoms with Gasteiger partial charge in [-0.3, -0.25) is 0 Å². The van der Waals surface area contributed by atoms with Gasteiger partial charge in [0.2, 0.25) is 5.69 Å². The molecule has 0 saturated carbocycles. The van der Waals surface area contributed by atoms with Crippen molar-refractivity contribution in [2.75, 3.05) is 0 Å². The molecule has 0 aliphatic carbocycles. The van der Waals surface area contributed by atoms with E-state index < -0.39 is 0 Å². The largest absolute Gasteiger partial charge is 0.320 e. The van der Waals surface area contributed by atoms with Crippen LogP contribution in [0.4, 0.5) is 11.4 Å². The van der Waals surface area contributed by atoms with E-state index in [-0.39, 0.29) is 0 Å². The summed E-state index contributed by atoms with van der Waals surface area (Å²) in [5, 5.41) is 6.98. The lowest BCUT2D eigenvalue weighted by atomic mass is 10.0. The Labute approximate surface area is 316 Å². The molecule has 11 rings (SSSR count). The van der Waals surface area contributed by atoms with Crippen molar-refractivity contribution in [3.63, 3.8) is 0 Å². The molecule has 0 unspecified atom stereocenters. The van der Waals surface area contributed by atoms with Crippen molar-refractivity contribution >= 4 is 76.8 Å². The van der Waals surface area contributed by atoms with Crippen LogP contribution < -0.4 is 0 Å². The molecule has 0 saturated heterocycles. The molecule has 3 aromatic heterocycles. The number of nitrogens with zero attached hydrogens (tertiary/aromatic N) is 5. The average molecular weight is 700 g/mol. The highest BCUT2D eigenvalue weighted by Gasteiger charge is 2.21. The summed E-state index contributed by atoms with van der Waals surface area (Å²) >= 11 is 0. The number of fused-ring (bicyclic) bond motifs is 9. The van der Waals surface area contributed by atoms with Crippen LogP contribution in [0.1, 0.15) is 0 Å². The Morgan fingerprint density at radius 2 is 0.873 bits per heavy atom. The maximum Gasteiger partial charge on any atom is 0.210 e. The third-order valence-electron chi connectivity index (χ3n) is 11.1. The monoisotopic (exact) mass is 699 g/mol. The van der Waals surface area contributed by atoms with Gasteiger partial charge >= 0.3 is 0 Å². The molecule has 0 amide bonds. The first-order valence-electron chi connectivity index (χ1n) is 18.3. The second kappa shape index (κ2) is 11.8. The summed E-state index contributed by atoms with van der Waals surface area (Å²) in [6.07, 6.45) is 0. The van der Waals surface area contributed by atoms with E-state index in [4.69, 9.17) is 13.1 Å². The van der Waals surface area contributed by atoms with Crippen LogP contribution in [-0.4, -0.2) is 13.7 Å². The van der Waals surface area contributed by atoms with E-state index >= 15 is 0 Å². The standard InChI is InChI=1S/C50H29N5/c1-51-34-26-27-40-38-17-5-10-23-46(38)55(48(40)31-34)49-30-33(25-28-42(49)52-2)32-13-11-14-35(29-32)53-43-20-7-6-18-39(43)41-19-12-24-47(50(41)53)54-44-21-8-3-15-36(44)37-16-4-9-22-45(37)54/h3-31H. The summed E-state index contributed by atoms with van der Waals surface area (Å²) in [5.41, 5.74) is 12.6. The summed E-state index contributed by atoms with van der Waals surface area (Å²) in [6, 6.07) is 61.5. The van der Waals surface area contributed by atoms with Crippen LogP contribution in [0.3, 0.4) is 0 Å². The van der Waals surface area contributed by atoms with Gasteiger partial charge in [-0.05, 0) is 65.7 Å². The first-order valence-corrected chi connectivity index (χ1v) is 18.3. The Morgan fingerprint density at radius 1 is 0.345 bits per heavy atom. The Morgan fingerprint density at radius 3 is 1.51 bits per heavy atom. The minimum Gasteiger partial charge on any atom is -0.320 e. The van der Waals surface area contributed by atoms with Crippen LogP contribution >= 0.6 is 0 Å². The van der Waals surface area contributed by atoms with E-state index in [0.717, 1.165) is 61.0 Å². The number of hydrogen-bond acceptors (Lipinski definition) is 0. The van der Waals surface area contributed by atoms with Crippen LogP contribution in [0.2, 0.25) is 0 Å². The molecule has 0 fully saturated rings. The summed E-state index contributed by atoms with van der Waals surface area (Å²) in [4.78, 5) is 7.72. The van der Waals surface area contributed by atoms with E-state index in [0.29, 0.717) is 11.4 Å². The first-order chi connectivity index (χ1) is 27.2. The number of aromatic nitrogens is 3. The normalized spacial score (nSPS) is 11.6. The molecule has 8 aromatic carbocycles. The fraction of sp³-hybridized carbons (Fsp3) is 0. The predicted molar refractivity (Wildman–Crippen MR) is 227 cm³/mol. The molecular weight excluding hydrogens is 671 g/mol. The molecule has 3 heterocycles. The average Bonchev–Trinajstić information content (AvgIpc) is 3.89. The summed E-state index contributed by atoms with van der Waals surface area (Å²) in [7, 11) is 0. The van der Waals surface area contributed by atoms with Gasteiger partial charge in [0.25, 0.3) is 0 Å². The molecule has 0 spiro atoms. The maximum atomic E-state index is 8.18. The van der Waals surface area contributed by atoms with Crippen molar-refractivity contribution in [2.45, 2.75) is 0 Å². The number of hydrogen-bond donors (Lipinski definition) is 0. The fourth-order valence-electron chi connectivity index (χ4n) is 8.72. The summed E-state index contributed by atoms with van der Waals surface area (Å²) in [5.74, 6) is 0. The zero-order chi connectivity index (χ0) is 36.6. The molecule has 0 aliphatic heterocycles. The summed E-state index contributed by atoms with van der Waals surface area (Å²) < 4.78 is 6.96. The molecule has 0 radical (unpaired) electrons. The van der Waals surface area contributed by atoms with Crippen LogP contribution in [0.5, 0.6) is 0 Å². The third-order valence-corrected chi connectivity index (χ3v) is 11.1. The lowest BCUT2D eigenvalue weighted by Crippen LogP contribution is -2.01. The number of rotatable bonds is 4. The van der Waals surface area contributed by atoms with Crippen LogP contribution in [0.15, 0.2) is 176 Å². The minimum atomic E-state index is 0.550. The maximum absolute atomic E-state index is 8.18. The molecule has 254 valence electrons. The van der Waals surface area contributed by atoms with Crippen molar-refractivity contribution in [3.05, 3.63) is 199 Å². The van der Waals surface area contributed by atoms with Gasteiger partial charge in [-0.1, -0.05) is 121 Å². The van der Waals surface area contributed by atoms with Gasteiger partial charge in [0, 0.05) is 43.5 Å². The SMILES string of the molecule is [C-]#[N+]c1ccc2c3ccccc3n(-c3cc(-c4cccc(-n5c6ccccc6c6cccc(-n7c8ccccc8c8ccccc87)c65)c4)ccc3[N+]#[C-])c2c1. The van der Waals surface area contributed by atoms with Gasteiger partial charge < -0.3 is 13.7 Å². The van der Waals surface area contributed by atoms with Gasteiger partial charge in [0.15, 0.2) is 5.69 Å². The molecule has 0 bridgehead atoms. The first kappa shape index (κ1) is 30.7. The van der Waals surface area contributed by atoms with Crippen LogP contribution in [0, 0.1) is 13.1 Å². The van der Waals surface area contributed by atoms with Crippen molar-refractivity contribution in [3.8, 4) is 28.2 Å². The molecule has 0 aliphatic rings. The second-order valence-electron chi connectivity index (χ2n) is 13.9. The highest BCUT2D eigenvalue weighted by molar-refractivity contribution is 6.15. The molecular formula is C50H29N5. The molecule has 55 heavy (non-hydrogen) atoms. The topological polar surface area (TPSA) is 23.5 Å². The molecule has 5 nitrogen and oxygen atoms in total. The van der Waals surface area contributed by atoms with Crippen molar-refractivity contribution < 1.29 is 0 Å². The van der Waals surface area contributed by atoms with Crippen molar-refractivity contribution in [2.24, 2.45) is 0 Å². The molecule has 0 atom stereocenters. The quantitative estimate of drug-likeness (QED) is 0.163. The highest BCUT2D eigenvalue weighted by atomic mass is 15.1. The smallest absolute Gasteiger partial charge is 0.210 e. The van der Waals surface area contributed by atoms with E-state index in [1.54, 1.807) is 0 Å². The van der Waals surface area contributed by atoms with E-state index in [9.17, 15) is 0 Å². The van der Waals surface area contributed by atoms with Gasteiger partial charge in [-0.25, -0.2) is 9.69 Å². The highest BCUT2D eigenvalue weighted by Crippen LogP contribution is 2.42. The van der Waals surface area contributed by atoms with E-state index in [2.05, 4.69) is 157 Å². The van der Waals surface area contributed by atoms with Crippen LogP contribution in [-0.2, 0) is 0 Å². The van der Waals surface area contributed by atoms with Crippen molar-refractivity contribution in [1.82, 2.24) is 13.7 Å². The Bertz CT molecular complexity index is 3420. The molecule has 0 N–H and O–H groups in total. The number of benzene rings is 8. The van der Waals surface area contributed by atoms with E-state index in [1.165, 1.54) is 32.6 Å². The fourth-order valence-corrected chi connectivity index (χ4v) is 8.72. The molecule has 5 heteroatoms. The molecule has 11 aromatic rings. The third kappa shape index (κ3) is 4.45. The van der Waals surface area contributed by atoms with Crippen molar-refractivity contribution in [1.29, 1.82) is 0 Å². The van der Waals surface area contributed by atoms with Crippen LogP contribution in [0.25, 0.3) is 103 Å². The van der Waals surface area contributed by atoms with Gasteiger partial charge in [-0.15, -0.1) is 0 Å². The number of para-hydroxylation sites is 5. The van der Waals surface area contributed by atoms with E-state index in [1.807, 2.05) is 42.5 Å². The Hall–Kier alpha value is -7.86. The lowest BCUT2D eigenvalue weighted by Gasteiger charge is -2.16.